The van der Waals surface area contributed by atoms with Crippen LogP contribution in [-0.2, 0) is 0 Å². The number of hydrogen-bond acceptors (Lipinski definition) is 6. The van der Waals surface area contributed by atoms with Crippen molar-refractivity contribution in [2.45, 2.75) is 0 Å². The van der Waals surface area contributed by atoms with Crippen LogP contribution in [0.5, 0.6) is 0 Å². The van der Waals surface area contributed by atoms with Crippen molar-refractivity contribution in [3.8, 4) is 5.69 Å². The average molecular weight is 385 g/mol. The van der Waals surface area contributed by atoms with Crippen LogP contribution in [0.3, 0.4) is 0 Å². The van der Waals surface area contributed by atoms with E-state index < -0.39 is 4.92 Å². The molecule has 0 spiro atoms. The van der Waals surface area contributed by atoms with Crippen molar-refractivity contribution >= 4 is 28.8 Å². The molecule has 1 aromatic heterocycles. The Bertz CT molecular complexity index is 1280. The molecule has 4 aromatic rings. The Kier molecular flexibility index (Phi) is 4.81. The quantitative estimate of drug-likeness (QED) is 0.320. The highest BCUT2D eigenvalue weighted by Gasteiger charge is 2.13. The SMILES string of the molecule is O=c1c2ccccc2nc(N/N=C/c2ccccc2[N+](=O)[O-])n1-c1ccccc1. The first-order valence-electron chi connectivity index (χ1n) is 8.75. The summed E-state index contributed by atoms with van der Waals surface area (Å²) in [5, 5.41) is 15.7. The van der Waals surface area contributed by atoms with Crippen LogP contribution in [0.15, 0.2) is 88.8 Å². The molecule has 1 N–H and O–H groups in total. The summed E-state index contributed by atoms with van der Waals surface area (Å²) in [6.45, 7) is 0. The first kappa shape index (κ1) is 18.1. The zero-order valence-corrected chi connectivity index (χ0v) is 15.1. The molecule has 8 heteroatoms. The fourth-order valence-corrected chi connectivity index (χ4v) is 2.95. The molecule has 0 saturated heterocycles. The Balaban J connectivity index is 1.80. The molecule has 0 aliphatic carbocycles. The van der Waals surface area contributed by atoms with Crippen molar-refractivity contribution in [2.24, 2.45) is 5.10 Å². The number of nitrogens with one attached hydrogen (secondary N) is 1. The molecule has 0 saturated carbocycles. The molecule has 0 bridgehead atoms. The van der Waals surface area contributed by atoms with Crippen molar-refractivity contribution in [3.63, 3.8) is 0 Å². The number of nitrogens with zero attached hydrogens (tertiary/aromatic N) is 4. The number of aromatic nitrogens is 2. The second-order valence-corrected chi connectivity index (χ2v) is 6.11. The Morgan fingerprint density at radius 3 is 2.45 bits per heavy atom. The van der Waals surface area contributed by atoms with Crippen LogP contribution in [0.4, 0.5) is 11.6 Å². The van der Waals surface area contributed by atoms with E-state index >= 15 is 0 Å². The van der Waals surface area contributed by atoms with Crippen LogP contribution >= 0.6 is 0 Å². The summed E-state index contributed by atoms with van der Waals surface area (Å²) in [7, 11) is 0. The molecule has 142 valence electrons. The normalized spacial score (nSPS) is 11.0. The van der Waals surface area contributed by atoms with E-state index in [-0.39, 0.29) is 17.2 Å². The number of nitro benzene ring substituents is 1. The molecule has 0 radical (unpaired) electrons. The van der Waals surface area contributed by atoms with E-state index in [0.29, 0.717) is 22.2 Å². The molecular weight excluding hydrogens is 370 g/mol. The van der Waals surface area contributed by atoms with Gasteiger partial charge in [0, 0.05) is 6.07 Å². The lowest BCUT2D eigenvalue weighted by molar-refractivity contribution is -0.385. The highest BCUT2D eigenvalue weighted by molar-refractivity contribution is 5.85. The van der Waals surface area contributed by atoms with Gasteiger partial charge in [-0.25, -0.2) is 15.0 Å². The zero-order valence-electron chi connectivity index (χ0n) is 15.1. The lowest BCUT2D eigenvalue weighted by Gasteiger charge is -2.12. The van der Waals surface area contributed by atoms with Gasteiger partial charge in [-0.1, -0.05) is 42.5 Å². The topological polar surface area (TPSA) is 102 Å². The van der Waals surface area contributed by atoms with E-state index in [4.69, 9.17) is 0 Å². The van der Waals surface area contributed by atoms with Crippen molar-refractivity contribution in [1.29, 1.82) is 0 Å². The zero-order chi connectivity index (χ0) is 20.2. The van der Waals surface area contributed by atoms with Gasteiger partial charge in [-0.15, -0.1) is 0 Å². The van der Waals surface area contributed by atoms with Crippen LogP contribution in [-0.4, -0.2) is 20.7 Å². The molecule has 0 fully saturated rings. The Labute approximate surface area is 164 Å². The molecule has 8 nitrogen and oxygen atoms in total. The molecule has 29 heavy (non-hydrogen) atoms. The Morgan fingerprint density at radius 1 is 0.966 bits per heavy atom. The van der Waals surface area contributed by atoms with E-state index in [1.807, 2.05) is 18.2 Å². The summed E-state index contributed by atoms with van der Waals surface area (Å²) in [6, 6.07) is 22.3. The van der Waals surface area contributed by atoms with Crippen molar-refractivity contribution < 1.29 is 4.92 Å². The fraction of sp³-hybridized carbons (Fsp3) is 0. The number of benzene rings is 3. The van der Waals surface area contributed by atoms with E-state index in [9.17, 15) is 14.9 Å². The van der Waals surface area contributed by atoms with Crippen LogP contribution in [0, 0.1) is 10.1 Å². The maximum atomic E-state index is 13.1. The minimum atomic E-state index is -0.477. The predicted octanol–water partition coefficient (Wildman–Crippen LogP) is 3.74. The Hall–Kier alpha value is -4.33. The van der Waals surface area contributed by atoms with Gasteiger partial charge in [-0.3, -0.25) is 14.9 Å². The van der Waals surface area contributed by atoms with Gasteiger partial charge in [0.05, 0.1) is 33.3 Å². The van der Waals surface area contributed by atoms with Gasteiger partial charge < -0.3 is 0 Å². The summed E-state index contributed by atoms with van der Waals surface area (Å²) in [6.07, 6.45) is 1.33. The van der Waals surface area contributed by atoms with Crippen molar-refractivity contribution in [3.05, 3.63) is 105 Å². The smallest absolute Gasteiger partial charge is 0.268 e. The molecule has 1 heterocycles. The van der Waals surface area contributed by atoms with E-state index in [1.165, 1.54) is 16.8 Å². The Morgan fingerprint density at radius 2 is 1.66 bits per heavy atom. The third-order valence-electron chi connectivity index (χ3n) is 4.29. The lowest BCUT2D eigenvalue weighted by atomic mass is 10.2. The number of para-hydroxylation sites is 3. The molecule has 0 unspecified atom stereocenters. The van der Waals surface area contributed by atoms with Gasteiger partial charge >= 0.3 is 0 Å². The summed E-state index contributed by atoms with van der Waals surface area (Å²) < 4.78 is 1.42. The lowest BCUT2D eigenvalue weighted by Crippen LogP contribution is -2.22. The summed E-state index contributed by atoms with van der Waals surface area (Å²) in [5.74, 6) is 0.203. The fourth-order valence-electron chi connectivity index (χ4n) is 2.95. The van der Waals surface area contributed by atoms with Gasteiger partial charge in [-0.05, 0) is 30.3 Å². The second-order valence-electron chi connectivity index (χ2n) is 6.11. The van der Waals surface area contributed by atoms with Crippen molar-refractivity contribution in [2.75, 3.05) is 5.43 Å². The van der Waals surface area contributed by atoms with Gasteiger partial charge in [0.25, 0.3) is 11.2 Å². The highest BCUT2D eigenvalue weighted by Crippen LogP contribution is 2.17. The third-order valence-corrected chi connectivity index (χ3v) is 4.29. The summed E-state index contributed by atoms with van der Waals surface area (Å²) >= 11 is 0. The van der Waals surface area contributed by atoms with Crippen LogP contribution in [0.25, 0.3) is 16.6 Å². The summed E-state index contributed by atoms with van der Waals surface area (Å²) in [5.41, 5.74) is 3.93. The highest BCUT2D eigenvalue weighted by atomic mass is 16.6. The number of nitro groups is 1. The number of hydrazone groups is 1. The molecular formula is C21H15N5O3. The van der Waals surface area contributed by atoms with Gasteiger partial charge in [0.2, 0.25) is 5.95 Å². The molecule has 0 aliphatic heterocycles. The number of fused-ring (bicyclic) bond motifs is 1. The summed E-state index contributed by atoms with van der Waals surface area (Å²) in [4.78, 5) is 28.2. The first-order valence-corrected chi connectivity index (χ1v) is 8.75. The maximum absolute atomic E-state index is 13.1. The third kappa shape index (κ3) is 3.59. The van der Waals surface area contributed by atoms with Gasteiger partial charge in [0.1, 0.15) is 0 Å². The molecule has 0 atom stereocenters. The number of anilines is 1. The average Bonchev–Trinajstić information content (AvgIpc) is 2.75. The molecule has 4 rings (SSSR count). The first-order chi connectivity index (χ1) is 14.1. The maximum Gasteiger partial charge on any atom is 0.278 e. The van der Waals surface area contributed by atoms with E-state index in [0.717, 1.165) is 0 Å². The monoisotopic (exact) mass is 385 g/mol. The minimum absolute atomic E-state index is 0.0648. The molecule has 0 amide bonds. The van der Waals surface area contributed by atoms with Crippen molar-refractivity contribution in [1.82, 2.24) is 9.55 Å². The number of hydrogen-bond donors (Lipinski definition) is 1. The predicted molar refractivity (Wildman–Crippen MR) is 112 cm³/mol. The van der Waals surface area contributed by atoms with Crippen LogP contribution in [0.2, 0.25) is 0 Å². The van der Waals surface area contributed by atoms with E-state index in [1.54, 1.807) is 54.6 Å². The van der Waals surface area contributed by atoms with Crippen LogP contribution in [0.1, 0.15) is 5.56 Å². The van der Waals surface area contributed by atoms with E-state index in [2.05, 4.69) is 15.5 Å². The minimum Gasteiger partial charge on any atom is -0.268 e. The number of rotatable bonds is 5. The van der Waals surface area contributed by atoms with Crippen LogP contribution < -0.4 is 11.0 Å². The molecule has 0 aliphatic rings. The van der Waals surface area contributed by atoms with Gasteiger partial charge in [-0.2, -0.15) is 5.10 Å². The largest absolute Gasteiger partial charge is 0.278 e. The standard InChI is InChI=1S/C21H15N5O3/c27-20-17-11-5-6-12-18(17)23-21(25(20)16-9-2-1-3-10-16)24-22-14-15-8-4-7-13-19(15)26(28)29/h1-14H,(H,23,24)/b22-14+. The second kappa shape index (κ2) is 7.73. The molecule has 3 aromatic carbocycles. The van der Waals surface area contributed by atoms with Gasteiger partial charge in [0.15, 0.2) is 0 Å².